The van der Waals surface area contributed by atoms with E-state index in [9.17, 15) is 4.79 Å². The summed E-state index contributed by atoms with van der Waals surface area (Å²) >= 11 is 0. The number of anilines is 1. The number of carbonyl (C=O) groups excluding carboxylic acids is 1. The molecule has 168 valence electrons. The Balaban J connectivity index is 1.42. The number of rotatable bonds is 5. The van der Waals surface area contributed by atoms with Crippen molar-refractivity contribution in [3.63, 3.8) is 0 Å². The molecule has 1 saturated heterocycles. The molecule has 33 heavy (non-hydrogen) atoms. The molecular weight excluding hydrogens is 418 g/mol. The van der Waals surface area contributed by atoms with Crippen LogP contribution in [0.3, 0.4) is 0 Å². The predicted molar refractivity (Wildman–Crippen MR) is 124 cm³/mol. The number of aromatic nitrogens is 5. The average molecular weight is 444 g/mol. The Hall–Kier alpha value is -3.72. The van der Waals surface area contributed by atoms with E-state index in [1.165, 1.54) is 5.56 Å². The molecule has 4 aromatic rings. The molecule has 6 rings (SSSR count). The molecule has 9 nitrogen and oxygen atoms in total. The van der Waals surface area contributed by atoms with Crippen LogP contribution in [0, 0.1) is 6.92 Å². The lowest BCUT2D eigenvalue weighted by molar-refractivity contribution is 0.0945. The van der Waals surface area contributed by atoms with Gasteiger partial charge in [-0.25, -0.2) is 9.67 Å². The highest BCUT2D eigenvalue weighted by Gasteiger charge is 2.26. The van der Waals surface area contributed by atoms with Crippen molar-refractivity contribution in [2.45, 2.75) is 25.8 Å². The Morgan fingerprint density at radius 3 is 2.73 bits per heavy atom. The number of carbonyl (C=O) groups is 1. The van der Waals surface area contributed by atoms with E-state index in [1.807, 2.05) is 24.4 Å². The highest BCUT2D eigenvalue weighted by atomic mass is 16.5. The first kappa shape index (κ1) is 19.9. The Bertz CT molecular complexity index is 1330. The number of fused-ring (bicyclic) bond motifs is 1. The van der Waals surface area contributed by atoms with Crippen LogP contribution in [0.15, 0.2) is 48.7 Å². The van der Waals surface area contributed by atoms with Crippen molar-refractivity contribution in [1.29, 1.82) is 0 Å². The number of nitrogens with one attached hydrogen (secondary N) is 1. The Kier molecular flexibility index (Phi) is 4.83. The Morgan fingerprint density at radius 1 is 1.09 bits per heavy atom. The number of ether oxygens (including phenoxy) is 1. The minimum atomic E-state index is -0.154. The van der Waals surface area contributed by atoms with E-state index < -0.39 is 0 Å². The normalized spacial score (nSPS) is 16.3. The molecule has 2 aliphatic rings. The van der Waals surface area contributed by atoms with E-state index in [4.69, 9.17) is 14.8 Å². The molecule has 0 atom stereocenters. The van der Waals surface area contributed by atoms with Crippen molar-refractivity contribution in [3.05, 3.63) is 59.9 Å². The summed E-state index contributed by atoms with van der Waals surface area (Å²) in [6, 6.07) is 14.2. The fraction of sp³-hybridized carbons (Fsp3) is 0.333. The van der Waals surface area contributed by atoms with Gasteiger partial charge in [0.15, 0.2) is 17.2 Å². The maximum Gasteiger partial charge on any atom is 0.272 e. The van der Waals surface area contributed by atoms with E-state index in [0.29, 0.717) is 30.4 Å². The maximum atomic E-state index is 12.6. The third-order valence-electron chi connectivity index (χ3n) is 6.01. The van der Waals surface area contributed by atoms with E-state index >= 15 is 0 Å². The molecule has 1 aliphatic heterocycles. The summed E-state index contributed by atoms with van der Waals surface area (Å²) in [6.07, 6.45) is 3.98. The van der Waals surface area contributed by atoms with E-state index in [2.05, 4.69) is 40.4 Å². The summed E-state index contributed by atoms with van der Waals surface area (Å²) < 4.78 is 9.06. The van der Waals surface area contributed by atoms with Gasteiger partial charge in [-0.2, -0.15) is 14.7 Å². The first-order chi connectivity index (χ1) is 16.1. The van der Waals surface area contributed by atoms with Crippen molar-refractivity contribution in [2.75, 3.05) is 31.2 Å². The van der Waals surface area contributed by atoms with Crippen LogP contribution in [0.25, 0.3) is 22.7 Å². The third kappa shape index (κ3) is 3.95. The maximum absolute atomic E-state index is 12.6. The lowest BCUT2D eigenvalue weighted by atomic mass is 10.1. The summed E-state index contributed by atoms with van der Waals surface area (Å²) in [5, 5.41) is 12.4. The lowest BCUT2D eigenvalue weighted by Crippen LogP contribution is -2.37. The molecule has 0 unspecified atom stereocenters. The summed E-state index contributed by atoms with van der Waals surface area (Å²) in [7, 11) is 0. The number of aryl methyl sites for hydroxylation is 1. The summed E-state index contributed by atoms with van der Waals surface area (Å²) in [4.78, 5) is 19.6. The minimum Gasteiger partial charge on any atom is -0.378 e. The van der Waals surface area contributed by atoms with Gasteiger partial charge in [-0.3, -0.25) is 4.79 Å². The predicted octanol–water partition coefficient (Wildman–Crippen LogP) is 2.62. The van der Waals surface area contributed by atoms with Crippen molar-refractivity contribution < 1.29 is 9.53 Å². The van der Waals surface area contributed by atoms with Crippen molar-refractivity contribution in [2.24, 2.45) is 0 Å². The smallest absolute Gasteiger partial charge is 0.272 e. The molecule has 1 amide bonds. The monoisotopic (exact) mass is 443 g/mol. The van der Waals surface area contributed by atoms with Gasteiger partial charge in [0.2, 0.25) is 0 Å². The minimum absolute atomic E-state index is 0.154. The first-order valence-corrected chi connectivity index (χ1v) is 11.3. The van der Waals surface area contributed by atoms with Crippen LogP contribution in [0.1, 0.15) is 28.9 Å². The zero-order valence-electron chi connectivity index (χ0n) is 18.4. The lowest BCUT2D eigenvalue weighted by Gasteiger charge is -2.29. The van der Waals surface area contributed by atoms with E-state index in [-0.39, 0.29) is 11.9 Å². The van der Waals surface area contributed by atoms with Crippen LogP contribution in [0.4, 0.5) is 5.82 Å². The number of hydrogen-bond donors (Lipinski definition) is 1. The van der Waals surface area contributed by atoms with E-state index in [0.717, 1.165) is 43.0 Å². The van der Waals surface area contributed by atoms with Gasteiger partial charge in [0.1, 0.15) is 5.82 Å². The molecule has 1 N–H and O–H groups in total. The second-order valence-corrected chi connectivity index (χ2v) is 8.63. The Labute approximate surface area is 191 Å². The molecule has 1 aliphatic carbocycles. The fourth-order valence-electron chi connectivity index (χ4n) is 4.09. The second kappa shape index (κ2) is 8.00. The molecule has 0 bridgehead atoms. The van der Waals surface area contributed by atoms with Gasteiger partial charge in [-0.05, 0) is 31.9 Å². The van der Waals surface area contributed by atoms with Gasteiger partial charge in [-0.15, -0.1) is 0 Å². The van der Waals surface area contributed by atoms with Crippen molar-refractivity contribution in [1.82, 2.24) is 29.7 Å². The van der Waals surface area contributed by atoms with Gasteiger partial charge in [-0.1, -0.05) is 23.8 Å². The molecule has 1 aromatic carbocycles. The van der Waals surface area contributed by atoms with Crippen LogP contribution < -0.4 is 10.2 Å². The average Bonchev–Trinajstić information content (AvgIpc) is 3.33. The highest BCUT2D eigenvalue weighted by molar-refractivity contribution is 5.93. The van der Waals surface area contributed by atoms with Gasteiger partial charge in [0.05, 0.1) is 18.9 Å². The molecule has 2 fully saturated rings. The van der Waals surface area contributed by atoms with Gasteiger partial charge in [0, 0.05) is 43.0 Å². The SMILES string of the molecule is Cc1cccc(-c2ccn(-c3cc(N4CCOCC4)n4nc(C(=O)NC5CC5)cc4n3)n2)c1. The molecule has 0 radical (unpaired) electrons. The summed E-state index contributed by atoms with van der Waals surface area (Å²) in [6.45, 7) is 4.86. The molecule has 0 spiro atoms. The number of morpholine rings is 1. The number of nitrogens with zero attached hydrogens (tertiary/aromatic N) is 6. The van der Waals surface area contributed by atoms with Crippen molar-refractivity contribution in [3.8, 4) is 17.1 Å². The highest BCUT2D eigenvalue weighted by Crippen LogP contribution is 2.24. The quantitative estimate of drug-likeness (QED) is 0.510. The largest absolute Gasteiger partial charge is 0.378 e. The van der Waals surface area contributed by atoms with Crippen LogP contribution in [0.2, 0.25) is 0 Å². The standard InChI is InChI=1S/C24H25N7O2/c1-16-3-2-4-17(13-16)19-7-8-30(27-19)21-15-23(29-9-11-33-12-10-29)31-22(26-21)14-20(28-31)24(32)25-18-5-6-18/h2-4,7-8,13-15,18H,5-6,9-12H2,1H3,(H,25,32). The van der Waals surface area contributed by atoms with Crippen molar-refractivity contribution >= 4 is 17.4 Å². The van der Waals surface area contributed by atoms with Crippen LogP contribution in [-0.2, 0) is 4.74 Å². The number of hydrogen-bond acceptors (Lipinski definition) is 6. The van der Waals surface area contributed by atoms with Gasteiger partial charge >= 0.3 is 0 Å². The molecule has 1 saturated carbocycles. The van der Waals surface area contributed by atoms with Gasteiger partial charge < -0.3 is 15.0 Å². The topological polar surface area (TPSA) is 89.6 Å². The Morgan fingerprint density at radius 2 is 1.94 bits per heavy atom. The zero-order valence-corrected chi connectivity index (χ0v) is 18.4. The molecular formula is C24H25N7O2. The third-order valence-corrected chi connectivity index (χ3v) is 6.01. The second-order valence-electron chi connectivity index (χ2n) is 8.63. The van der Waals surface area contributed by atoms with Gasteiger partial charge in [0.25, 0.3) is 5.91 Å². The fourth-order valence-corrected chi connectivity index (χ4v) is 4.09. The molecule has 4 heterocycles. The van der Waals surface area contributed by atoms with Crippen LogP contribution >= 0.6 is 0 Å². The van der Waals surface area contributed by atoms with Crippen LogP contribution in [-0.4, -0.2) is 62.6 Å². The number of amides is 1. The van der Waals surface area contributed by atoms with Crippen LogP contribution in [0.5, 0.6) is 0 Å². The first-order valence-electron chi connectivity index (χ1n) is 11.3. The molecule has 9 heteroatoms. The summed E-state index contributed by atoms with van der Waals surface area (Å²) in [5.41, 5.74) is 4.12. The zero-order chi connectivity index (χ0) is 22.4. The molecule has 3 aromatic heterocycles. The van der Waals surface area contributed by atoms with E-state index in [1.54, 1.807) is 15.3 Å². The number of benzene rings is 1. The summed E-state index contributed by atoms with van der Waals surface area (Å²) in [5.74, 6) is 1.40.